The standard InChI is InChI=1S/C11H24N6O/c1-17(2)9-4-3-6-10(12)11(18)14-7-5-8-15-16-13/h10H,3-9,12H2,1-2H3,(H,14,18)/t10-/m0/s1. The van der Waals surface area contributed by atoms with Crippen LogP contribution in [-0.4, -0.2) is 50.6 Å². The highest BCUT2D eigenvalue weighted by molar-refractivity contribution is 5.81. The number of hydrogen-bond acceptors (Lipinski definition) is 4. The van der Waals surface area contributed by atoms with Crippen molar-refractivity contribution in [2.24, 2.45) is 10.8 Å². The van der Waals surface area contributed by atoms with Gasteiger partial charge in [0.25, 0.3) is 0 Å². The highest BCUT2D eigenvalue weighted by Gasteiger charge is 2.11. The van der Waals surface area contributed by atoms with Gasteiger partial charge >= 0.3 is 0 Å². The molecule has 0 saturated carbocycles. The number of nitrogens with zero attached hydrogens (tertiary/aromatic N) is 4. The third kappa shape index (κ3) is 9.89. The minimum absolute atomic E-state index is 0.124. The molecule has 0 heterocycles. The Hall–Kier alpha value is -1.30. The van der Waals surface area contributed by atoms with Crippen molar-refractivity contribution in [3.63, 3.8) is 0 Å². The fourth-order valence-corrected chi connectivity index (χ4v) is 1.46. The van der Waals surface area contributed by atoms with Crippen molar-refractivity contribution >= 4 is 5.91 Å². The zero-order valence-electron chi connectivity index (χ0n) is 11.3. The number of carbonyl (C=O) groups excluding carboxylic acids is 1. The van der Waals surface area contributed by atoms with Crippen molar-refractivity contribution in [3.8, 4) is 0 Å². The van der Waals surface area contributed by atoms with Gasteiger partial charge in [-0.15, -0.1) is 0 Å². The first-order valence-electron chi connectivity index (χ1n) is 6.26. The van der Waals surface area contributed by atoms with E-state index in [0.29, 0.717) is 25.9 Å². The third-order valence-electron chi connectivity index (χ3n) is 2.50. The molecule has 1 atom stereocenters. The first kappa shape index (κ1) is 16.7. The highest BCUT2D eigenvalue weighted by Crippen LogP contribution is 2.00. The Morgan fingerprint density at radius 2 is 2.17 bits per heavy atom. The van der Waals surface area contributed by atoms with Crippen molar-refractivity contribution < 1.29 is 4.79 Å². The van der Waals surface area contributed by atoms with Gasteiger partial charge in [-0.05, 0) is 45.4 Å². The summed E-state index contributed by atoms with van der Waals surface area (Å²) in [6.07, 6.45) is 3.34. The fraction of sp³-hybridized carbons (Fsp3) is 0.909. The summed E-state index contributed by atoms with van der Waals surface area (Å²) in [4.78, 5) is 16.3. The van der Waals surface area contributed by atoms with E-state index in [0.717, 1.165) is 19.4 Å². The summed E-state index contributed by atoms with van der Waals surface area (Å²) in [7, 11) is 4.05. The molecule has 0 unspecified atom stereocenters. The number of azide groups is 1. The van der Waals surface area contributed by atoms with Crippen LogP contribution in [0, 0.1) is 0 Å². The van der Waals surface area contributed by atoms with Crippen LogP contribution in [0.5, 0.6) is 0 Å². The average molecular weight is 256 g/mol. The van der Waals surface area contributed by atoms with Gasteiger partial charge < -0.3 is 16.0 Å². The maximum absolute atomic E-state index is 11.6. The molecule has 0 aromatic carbocycles. The number of amides is 1. The lowest BCUT2D eigenvalue weighted by molar-refractivity contribution is -0.122. The van der Waals surface area contributed by atoms with Crippen LogP contribution in [0.4, 0.5) is 0 Å². The van der Waals surface area contributed by atoms with E-state index >= 15 is 0 Å². The van der Waals surface area contributed by atoms with E-state index in [9.17, 15) is 4.79 Å². The van der Waals surface area contributed by atoms with Crippen molar-refractivity contribution in [3.05, 3.63) is 10.4 Å². The molecule has 0 radical (unpaired) electrons. The minimum Gasteiger partial charge on any atom is -0.355 e. The summed E-state index contributed by atoms with van der Waals surface area (Å²) >= 11 is 0. The van der Waals surface area contributed by atoms with Crippen LogP contribution in [-0.2, 0) is 4.79 Å². The summed E-state index contributed by atoms with van der Waals surface area (Å²) in [6, 6.07) is -0.438. The Kier molecular flexibility index (Phi) is 10.0. The number of unbranched alkanes of at least 4 members (excludes halogenated alkanes) is 1. The van der Waals surface area contributed by atoms with E-state index in [1.54, 1.807) is 0 Å². The second-order valence-corrected chi connectivity index (χ2v) is 4.50. The quantitative estimate of drug-likeness (QED) is 0.262. The smallest absolute Gasteiger partial charge is 0.236 e. The number of carbonyl (C=O) groups is 1. The Morgan fingerprint density at radius 1 is 1.44 bits per heavy atom. The average Bonchev–Trinajstić information content (AvgIpc) is 2.33. The maximum Gasteiger partial charge on any atom is 0.236 e. The third-order valence-corrected chi connectivity index (χ3v) is 2.50. The molecule has 0 fully saturated rings. The second-order valence-electron chi connectivity index (χ2n) is 4.50. The fourth-order valence-electron chi connectivity index (χ4n) is 1.46. The largest absolute Gasteiger partial charge is 0.355 e. The first-order chi connectivity index (χ1) is 8.57. The lowest BCUT2D eigenvalue weighted by atomic mass is 10.1. The summed E-state index contributed by atoms with van der Waals surface area (Å²) in [5.74, 6) is -0.124. The van der Waals surface area contributed by atoms with Gasteiger partial charge in [0.1, 0.15) is 0 Å². The van der Waals surface area contributed by atoms with E-state index in [1.807, 2.05) is 14.1 Å². The monoisotopic (exact) mass is 256 g/mol. The Labute approximate surface area is 108 Å². The first-order valence-corrected chi connectivity index (χ1v) is 6.26. The molecule has 7 heteroatoms. The zero-order valence-corrected chi connectivity index (χ0v) is 11.3. The van der Waals surface area contributed by atoms with Gasteiger partial charge in [0.2, 0.25) is 5.91 Å². The SMILES string of the molecule is CN(C)CCCC[C@H](N)C(=O)NCCCN=[N+]=[N-]. The summed E-state index contributed by atoms with van der Waals surface area (Å²) < 4.78 is 0. The van der Waals surface area contributed by atoms with Gasteiger partial charge in [0, 0.05) is 18.0 Å². The molecule has 0 aromatic rings. The molecular weight excluding hydrogens is 232 g/mol. The Bertz CT molecular complexity index is 275. The summed E-state index contributed by atoms with van der Waals surface area (Å²) in [5, 5.41) is 6.12. The summed E-state index contributed by atoms with van der Waals surface area (Å²) in [6.45, 7) is 1.92. The maximum atomic E-state index is 11.6. The molecule has 0 aliphatic carbocycles. The van der Waals surface area contributed by atoms with Crippen molar-refractivity contribution in [1.29, 1.82) is 0 Å². The second kappa shape index (κ2) is 10.8. The van der Waals surface area contributed by atoms with Crippen molar-refractivity contribution in [2.45, 2.75) is 31.7 Å². The molecule has 0 aromatic heterocycles. The van der Waals surface area contributed by atoms with Gasteiger partial charge in [-0.25, -0.2) is 0 Å². The molecule has 18 heavy (non-hydrogen) atoms. The van der Waals surface area contributed by atoms with E-state index in [4.69, 9.17) is 11.3 Å². The van der Waals surface area contributed by atoms with Gasteiger partial charge in [-0.3, -0.25) is 4.79 Å². The lowest BCUT2D eigenvalue weighted by Gasteiger charge is -2.13. The highest BCUT2D eigenvalue weighted by atomic mass is 16.2. The van der Waals surface area contributed by atoms with E-state index in [1.165, 1.54) is 0 Å². The zero-order chi connectivity index (χ0) is 13.8. The van der Waals surface area contributed by atoms with Crippen molar-refractivity contribution in [2.75, 3.05) is 33.7 Å². The molecule has 0 saturated heterocycles. The minimum atomic E-state index is -0.438. The van der Waals surface area contributed by atoms with Crippen LogP contribution < -0.4 is 11.1 Å². The number of nitrogens with two attached hydrogens (primary N) is 1. The Balaban J connectivity index is 3.53. The van der Waals surface area contributed by atoms with Gasteiger partial charge in [-0.1, -0.05) is 11.5 Å². The van der Waals surface area contributed by atoms with Crippen LogP contribution in [0.1, 0.15) is 25.7 Å². The number of rotatable bonds is 10. The molecule has 0 aliphatic heterocycles. The molecule has 0 bridgehead atoms. The molecule has 7 nitrogen and oxygen atoms in total. The number of hydrogen-bond donors (Lipinski definition) is 2. The normalized spacial score (nSPS) is 12.0. The van der Waals surface area contributed by atoms with Crippen LogP contribution in [0.2, 0.25) is 0 Å². The lowest BCUT2D eigenvalue weighted by Crippen LogP contribution is -2.41. The topological polar surface area (TPSA) is 107 Å². The number of nitrogens with one attached hydrogen (secondary N) is 1. The van der Waals surface area contributed by atoms with Crippen LogP contribution in [0.25, 0.3) is 10.4 Å². The predicted octanol–water partition coefficient (Wildman–Crippen LogP) is 0.862. The molecule has 104 valence electrons. The van der Waals surface area contributed by atoms with Crippen LogP contribution in [0.15, 0.2) is 5.11 Å². The molecule has 0 rings (SSSR count). The van der Waals surface area contributed by atoms with Gasteiger partial charge in [0.15, 0.2) is 0 Å². The van der Waals surface area contributed by atoms with Crippen LogP contribution in [0.3, 0.4) is 0 Å². The van der Waals surface area contributed by atoms with E-state index in [-0.39, 0.29) is 5.91 Å². The molecule has 0 aliphatic rings. The molecule has 1 amide bonds. The molecule has 3 N–H and O–H groups in total. The van der Waals surface area contributed by atoms with Crippen LogP contribution >= 0.6 is 0 Å². The Morgan fingerprint density at radius 3 is 2.78 bits per heavy atom. The summed E-state index contributed by atoms with van der Waals surface area (Å²) in [5.41, 5.74) is 13.8. The van der Waals surface area contributed by atoms with Gasteiger partial charge in [-0.2, -0.15) is 0 Å². The molecule has 0 spiro atoms. The molecular formula is C11H24N6O. The van der Waals surface area contributed by atoms with E-state index < -0.39 is 6.04 Å². The van der Waals surface area contributed by atoms with Gasteiger partial charge in [0.05, 0.1) is 6.04 Å². The van der Waals surface area contributed by atoms with E-state index in [2.05, 4.69) is 20.2 Å². The van der Waals surface area contributed by atoms with Crippen molar-refractivity contribution in [1.82, 2.24) is 10.2 Å². The predicted molar refractivity (Wildman–Crippen MR) is 72.0 cm³/mol.